The average Bonchev–Trinajstić information content (AvgIpc) is 2.70. The van der Waals surface area contributed by atoms with Crippen LogP contribution in [0.1, 0.15) is 26.3 Å². The van der Waals surface area contributed by atoms with Crippen LogP contribution in [-0.4, -0.2) is 11.8 Å². The lowest BCUT2D eigenvalue weighted by atomic mass is 10.1. The molecule has 3 aromatic carbocycles. The zero-order valence-corrected chi connectivity index (χ0v) is 14.2. The Morgan fingerprint density at radius 1 is 0.741 bits per heavy atom. The van der Waals surface area contributed by atoms with Crippen molar-refractivity contribution in [3.05, 3.63) is 101 Å². The lowest BCUT2D eigenvalue weighted by Crippen LogP contribution is -2.22. The second-order valence-electron chi connectivity index (χ2n) is 5.83. The number of nitrogens with one attached hydrogen (secondary N) is 2. The van der Waals surface area contributed by atoms with Crippen LogP contribution in [0.25, 0.3) is 0 Å². The van der Waals surface area contributed by atoms with Gasteiger partial charge in [-0.1, -0.05) is 30.3 Å². The van der Waals surface area contributed by atoms with E-state index in [2.05, 4.69) is 10.6 Å². The van der Waals surface area contributed by atoms with Crippen LogP contribution in [0.3, 0.4) is 0 Å². The number of benzene rings is 3. The molecular formula is C21H16F2N2O2. The first kappa shape index (κ1) is 18.3. The first-order valence-electron chi connectivity index (χ1n) is 8.21. The molecule has 0 aliphatic heterocycles. The van der Waals surface area contributed by atoms with E-state index in [4.69, 9.17) is 0 Å². The number of hydrogen-bond donors (Lipinski definition) is 2. The Morgan fingerprint density at radius 2 is 1.37 bits per heavy atom. The summed E-state index contributed by atoms with van der Waals surface area (Å²) < 4.78 is 26.1. The summed E-state index contributed by atoms with van der Waals surface area (Å²) in [5.41, 5.74) is 1.83. The van der Waals surface area contributed by atoms with Crippen LogP contribution in [0.5, 0.6) is 0 Å². The van der Waals surface area contributed by atoms with Crippen LogP contribution in [0.2, 0.25) is 0 Å². The van der Waals surface area contributed by atoms with Crippen molar-refractivity contribution in [2.75, 3.05) is 5.32 Å². The molecule has 0 bridgehead atoms. The molecule has 3 aromatic rings. The van der Waals surface area contributed by atoms with Crippen LogP contribution in [0.4, 0.5) is 14.5 Å². The molecular weight excluding hydrogens is 350 g/mol. The Kier molecular flexibility index (Phi) is 5.56. The van der Waals surface area contributed by atoms with Crippen molar-refractivity contribution in [1.29, 1.82) is 0 Å². The molecule has 0 saturated carbocycles. The summed E-state index contributed by atoms with van der Waals surface area (Å²) in [7, 11) is 0. The van der Waals surface area contributed by atoms with Crippen molar-refractivity contribution in [3.63, 3.8) is 0 Å². The summed E-state index contributed by atoms with van der Waals surface area (Å²) in [6, 6.07) is 18.6. The Bertz CT molecular complexity index is 958. The topological polar surface area (TPSA) is 58.2 Å². The predicted octanol–water partition coefficient (Wildman–Crippen LogP) is 4.15. The summed E-state index contributed by atoms with van der Waals surface area (Å²) in [6.45, 7) is 0.401. The monoisotopic (exact) mass is 366 g/mol. The van der Waals surface area contributed by atoms with Gasteiger partial charge in [0.1, 0.15) is 0 Å². The first-order valence-corrected chi connectivity index (χ1v) is 8.21. The van der Waals surface area contributed by atoms with Gasteiger partial charge in [0, 0.05) is 29.4 Å². The minimum Gasteiger partial charge on any atom is -0.348 e. The molecule has 0 heterocycles. The van der Waals surface area contributed by atoms with Crippen molar-refractivity contribution in [2.24, 2.45) is 0 Å². The quantitative estimate of drug-likeness (QED) is 0.713. The second-order valence-corrected chi connectivity index (χ2v) is 5.83. The van der Waals surface area contributed by atoms with E-state index < -0.39 is 17.5 Å². The van der Waals surface area contributed by atoms with Gasteiger partial charge in [-0.3, -0.25) is 9.59 Å². The molecule has 0 atom stereocenters. The fourth-order valence-corrected chi connectivity index (χ4v) is 2.43. The zero-order valence-electron chi connectivity index (χ0n) is 14.2. The summed E-state index contributed by atoms with van der Waals surface area (Å²) in [4.78, 5) is 24.3. The van der Waals surface area contributed by atoms with Crippen LogP contribution in [0.15, 0.2) is 72.8 Å². The van der Waals surface area contributed by atoms with E-state index >= 15 is 0 Å². The van der Waals surface area contributed by atoms with E-state index in [0.717, 1.165) is 17.7 Å². The molecule has 4 nitrogen and oxygen atoms in total. The fraction of sp³-hybridized carbons (Fsp3) is 0.0476. The van der Waals surface area contributed by atoms with E-state index in [1.54, 1.807) is 0 Å². The van der Waals surface area contributed by atoms with Gasteiger partial charge >= 0.3 is 0 Å². The van der Waals surface area contributed by atoms with Gasteiger partial charge in [0.25, 0.3) is 11.8 Å². The molecule has 3 rings (SSSR count). The van der Waals surface area contributed by atoms with E-state index in [1.807, 2.05) is 30.3 Å². The number of carbonyl (C=O) groups excluding carboxylic acids is 2. The maximum atomic E-state index is 13.2. The average molecular weight is 366 g/mol. The minimum absolute atomic E-state index is 0.142. The first-order chi connectivity index (χ1) is 13.0. The van der Waals surface area contributed by atoms with Gasteiger partial charge in [-0.25, -0.2) is 8.78 Å². The normalized spacial score (nSPS) is 10.3. The molecule has 0 fully saturated rings. The molecule has 0 saturated heterocycles. The molecule has 2 amide bonds. The maximum absolute atomic E-state index is 13.2. The van der Waals surface area contributed by atoms with Gasteiger partial charge in [0.2, 0.25) is 0 Å². The van der Waals surface area contributed by atoms with Gasteiger partial charge < -0.3 is 10.6 Å². The number of amides is 2. The number of hydrogen-bond acceptors (Lipinski definition) is 2. The highest BCUT2D eigenvalue weighted by molar-refractivity contribution is 6.05. The molecule has 0 aliphatic carbocycles. The van der Waals surface area contributed by atoms with E-state index in [1.165, 1.54) is 30.3 Å². The third-order valence-corrected chi connectivity index (χ3v) is 3.88. The van der Waals surface area contributed by atoms with Gasteiger partial charge in [-0.2, -0.15) is 0 Å². The minimum atomic E-state index is -1.04. The molecule has 2 N–H and O–H groups in total. The second kappa shape index (κ2) is 8.23. The molecule has 0 unspecified atom stereocenters. The largest absolute Gasteiger partial charge is 0.348 e. The lowest BCUT2D eigenvalue weighted by Gasteiger charge is -2.08. The fourth-order valence-electron chi connectivity index (χ4n) is 2.43. The van der Waals surface area contributed by atoms with Crippen molar-refractivity contribution in [2.45, 2.75) is 6.54 Å². The Labute approximate surface area is 154 Å². The van der Waals surface area contributed by atoms with Crippen LogP contribution < -0.4 is 10.6 Å². The number of anilines is 1. The Morgan fingerprint density at radius 3 is 2.00 bits per heavy atom. The van der Waals surface area contributed by atoms with Gasteiger partial charge in [0.05, 0.1) is 0 Å². The van der Waals surface area contributed by atoms with Gasteiger partial charge in [0.15, 0.2) is 11.6 Å². The highest BCUT2D eigenvalue weighted by Gasteiger charge is 2.10. The summed E-state index contributed by atoms with van der Waals surface area (Å²) in [5.74, 6) is -2.78. The van der Waals surface area contributed by atoms with Crippen LogP contribution in [-0.2, 0) is 6.54 Å². The third-order valence-electron chi connectivity index (χ3n) is 3.88. The van der Waals surface area contributed by atoms with Gasteiger partial charge in [-0.15, -0.1) is 0 Å². The number of carbonyl (C=O) groups is 2. The van der Waals surface area contributed by atoms with E-state index in [0.29, 0.717) is 17.7 Å². The molecule has 27 heavy (non-hydrogen) atoms. The van der Waals surface area contributed by atoms with Crippen LogP contribution >= 0.6 is 0 Å². The van der Waals surface area contributed by atoms with E-state index in [9.17, 15) is 18.4 Å². The number of rotatable bonds is 5. The highest BCUT2D eigenvalue weighted by Crippen LogP contribution is 2.15. The summed E-state index contributed by atoms with van der Waals surface area (Å²) in [5, 5.41) is 5.27. The predicted molar refractivity (Wildman–Crippen MR) is 98.4 cm³/mol. The molecule has 136 valence electrons. The maximum Gasteiger partial charge on any atom is 0.255 e. The molecule has 0 radical (unpaired) electrons. The Balaban J connectivity index is 1.61. The SMILES string of the molecule is O=C(NCc1ccccc1)c1ccc(C(=O)Nc2ccc(F)c(F)c2)cc1. The van der Waals surface area contributed by atoms with Crippen molar-refractivity contribution < 1.29 is 18.4 Å². The van der Waals surface area contributed by atoms with Gasteiger partial charge in [-0.05, 0) is 42.0 Å². The number of halogens is 2. The third kappa shape index (κ3) is 4.76. The smallest absolute Gasteiger partial charge is 0.255 e. The Hall–Kier alpha value is -3.54. The molecule has 0 spiro atoms. The molecule has 0 aromatic heterocycles. The molecule has 0 aliphatic rings. The highest BCUT2D eigenvalue weighted by atomic mass is 19.2. The lowest BCUT2D eigenvalue weighted by molar-refractivity contribution is 0.0949. The molecule has 6 heteroatoms. The standard InChI is InChI=1S/C21H16F2N2O2/c22-18-11-10-17(12-19(18)23)25-21(27)16-8-6-15(7-9-16)20(26)24-13-14-4-2-1-3-5-14/h1-12H,13H2,(H,24,26)(H,25,27). The van der Waals surface area contributed by atoms with Crippen LogP contribution in [0, 0.1) is 11.6 Å². The summed E-state index contributed by atoms with van der Waals surface area (Å²) >= 11 is 0. The van der Waals surface area contributed by atoms with Crippen molar-refractivity contribution in [1.82, 2.24) is 5.32 Å². The summed E-state index contributed by atoms with van der Waals surface area (Å²) in [6.07, 6.45) is 0. The van der Waals surface area contributed by atoms with Crippen molar-refractivity contribution >= 4 is 17.5 Å². The van der Waals surface area contributed by atoms with Crippen molar-refractivity contribution in [3.8, 4) is 0 Å². The zero-order chi connectivity index (χ0) is 19.2. The van der Waals surface area contributed by atoms with E-state index in [-0.39, 0.29) is 11.6 Å².